The maximum atomic E-state index is 5.35. The molecule has 0 spiro atoms. The minimum Gasteiger partial charge on any atom is -0.404 e. The fourth-order valence-corrected chi connectivity index (χ4v) is 1.36. The highest BCUT2D eigenvalue weighted by molar-refractivity contribution is 5.53. The van der Waals surface area contributed by atoms with E-state index in [9.17, 15) is 0 Å². The van der Waals surface area contributed by atoms with Crippen molar-refractivity contribution in [1.29, 1.82) is 0 Å². The summed E-state index contributed by atoms with van der Waals surface area (Å²) in [5.74, 6) is 0.981. The van der Waals surface area contributed by atoms with Gasteiger partial charge in [0.25, 0.3) is 0 Å². The van der Waals surface area contributed by atoms with Gasteiger partial charge >= 0.3 is 6.01 Å². The monoisotopic (exact) mass is 203 g/mol. The maximum Gasteiger partial charge on any atom is 0.313 e. The number of hydrogen-bond acceptors (Lipinski definition) is 4. The van der Waals surface area contributed by atoms with Crippen molar-refractivity contribution in [3.05, 3.63) is 29.8 Å². The molecule has 4 nitrogen and oxygen atoms in total. The minimum absolute atomic E-state index is 0.0953. The van der Waals surface area contributed by atoms with Crippen molar-refractivity contribution in [3.63, 3.8) is 0 Å². The molecule has 2 rings (SSSR count). The second-order valence-electron chi connectivity index (χ2n) is 3.72. The molecule has 0 aliphatic rings. The van der Waals surface area contributed by atoms with E-state index in [1.807, 2.05) is 12.1 Å². The van der Waals surface area contributed by atoms with Crippen LogP contribution in [0.2, 0.25) is 0 Å². The van der Waals surface area contributed by atoms with Gasteiger partial charge in [0.05, 0.1) is 0 Å². The van der Waals surface area contributed by atoms with Crippen LogP contribution in [0.1, 0.15) is 25.3 Å². The Hall–Kier alpha value is -1.84. The van der Waals surface area contributed by atoms with Gasteiger partial charge in [-0.05, 0) is 23.6 Å². The van der Waals surface area contributed by atoms with E-state index in [1.54, 1.807) is 0 Å². The summed E-state index contributed by atoms with van der Waals surface area (Å²) in [5.41, 5.74) is 7.53. The molecule has 0 atom stereocenters. The third-order valence-electron chi connectivity index (χ3n) is 2.26. The van der Waals surface area contributed by atoms with Gasteiger partial charge in [-0.3, -0.25) is 0 Å². The first-order valence-electron chi connectivity index (χ1n) is 4.86. The summed E-state index contributed by atoms with van der Waals surface area (Å²) >= 11 is 0. The highest BCUT2D eigenvalue weighted by Gasteiger charge is 2.06. The Balaban J connectivity index is 2.31. The van der Waals surface area contributed by atoms with E-state index in [0.717, 1.165) is 5.56 Å². The van der Waals surface area contributed by atoms with Crippen LogP contribution < -0.4 is 5.73 Å². The number of nitrogens with two attached hydrogens (primary N) is 1. The molecule has 1 heterocycles. The number of benzene rings is 1. The quantitative estimate of drug-likeness (QED) is 0.814. The predicted molar refractivity (Wildman–Crippen MR) is 58.2 cm³/mol. The lowest BCUT2D eigenvalue weighted by atomic mass is 10.0. The van der Waals surface area contributed by atoms with Crippen LogP contribution in [-0.2, 0) is 0 Å². The van der Waals surface area contributed by atoms with Crippen LogP contribution in [0.3, 0.4) is 0 Å². The van der Waals surface area contributed by atoms with Crippen molar-refractivity contribution in [1.82, 2.24) is 10.2 Å². The number of aromatic nitrogens is 2. The van der Waals surface area contributed by atoms with Crippen molar-refractivity contribution in [2.75, 3.05) is 5.73 Å². The van der Waals surface area contributed by atoms with E-state index in [1.165, 1.54) is 5.56 Å². The average molecular weight is 203 g/mol. The lowest BCUT2D eigenvalue weighted by Gasteiger charge is -2.04. The van der Waals surface area contributed by atoms with Crippen molar-refractivity contribution < 1.29 is 4.42 Å². The van der Waals surface area contributed by atoms with Gasteiger partial charge in [-0.2, -0.15) is 0 Å². The first kappa shape index (κ1) is 9.71. The standard InChI is InChI=1S/C11H13N3O/c1-7(2)8-3-5-9(6-4-8)10-13-14-11(12)15-10/h3-7H,1-2H3,(H2,12,14). The molecule has 0 amide bonds. The van der Waals surface area contributed by atoms with Crippen LogP contribution in [0.25, 0.3) is 11.5 Å². The van der Waals surface area contributed by atoms with Gasteiger partial charge in [0.1, 0.15) is 0 Å². The molecule has 2 aromatic rings. The molecule has 2 N–H and O–H groups in total. The van der Waals surface area contributed by atoms with Crippen molar-refractivity contribution in [2.45, 2.75) is 19.8 Å². The number of anilines is 1. The number of nitrogens with zero attached hydrogens (tertiary/aromatic N) is 2. The van der Waals surface area contributed by atoms with Crippen LogP contribution in [0.5, 0.6) is 0 Å². The van der Waals surface area contributed by atoms with Gasteiger partial charge in [-0.1, -0.05) is 31.1 Å². The molecule has 0 aliphatic carbocycles. The van der Waals surface area contributed by atoms with E-state index >= 15 is 0 Å². The van der Waals surface area contributed by atoms with Crippen LogP contribution >= 0.6 is 0 Å². The molecule has 15 heavy (non-hydrogen) atoms. The smallest absolute Gasteiger partial charge is 0.313 e. The maximum absolute atomic E-state index is 5.35. The number of hydrogen-bond donors (Lipinski definition) is 1. The van der Waals surface area contributed by atoms with E-state index in [0.29, 0.717) is 11.8 Å². The molecular formula is C11H13N3O. The first-order valence-corrected chi connectivity index (χ1v) is 4.86. The van der Waals surface area contributed by atoms with E-state index in [4.69, 9.17) is 10.2 Å². The molecule has 78 valence electrons. The fourth-order valence-electron chi connectivity index (χ4n) is 1.36. The Morgan fingerprint density at radius 3 is 2.27 bits per heavy atom. The largest absolute Gasteiger partial charge is 0.404 e. The van der Waals surface area contributed by atoms with Crippen LogP contribution in [0, 0.1) is 0 Å². The van der Waals surface area contributed by atoms with Gasteiger partial charge in [0, 0.05) is 5.56 Å². The summed E-state index contributed by atoms with van der Waals surface area (Å²) < 4.78 is 5.13. The highest BCUT2D eigenvalue weighted by atomic mass is 16.4. The Morgan fingerprint density at radius 2 is 1.80 bits per heavy atom. The SMILES string of the molecule is CC(C)c1ccc(-c2nnc(N)o2)cc1. The minimum atomic E-state index is 0.0953. The van der Waals surface area contributed by atoms with Crippen molar-refractivity contribution in [3.8, 4) is 11.5 Å². The van der Waals surface area contributed by atoms with Gasteiger partial charge in [0.15, 0.2) is 0 Å². The third kappa shape index (κ3) is 1.98. The average Bonchev–Trinajstić information content (AvgIpc) is 2.65. The molecule has 0 aliphatic heterocycles. The number of nitrogen functional groups attached to an aromatic ring is 1. The highest BCUT2D eigenvalue weighted by Crippen LogP contribution is 2.21. The summed E-state index contributed by atoms with van der Waals surface area (Å²) in [7, 11) is 0. The van der Waals surface area contributed by atoms with Gasteiger partial charge in [-0.15, -0.1) is 5.10 Å². The summed E-state index contributed by atoms with van der Waals surface area (Å²) in [6.07, 6.45) is 0. The Labute approximate surface area is 88.1 Å². The molecule has 1 aromatic carbocycles. The normalized spacial score (nSPS) is 10.9. The zero-order chi connectivity index (χ0) is 10.8. The zero-order valence-electron chi connectivity index (χ0n) is 8.77. The van der Waals surface area contributed by atoms with Gasteiger partial charge in [-0.25, -0.2) is 0 Å². The van der Waals surface area contributed by atoms with E-state index < -0.39 is 0 Å². The Kier molecular flexibility index (Phi) is 2.41. The van der Waals surface area contributed by atoms with Crippen LogP contribution in [0.15, 0.2) is 28.7 Å². The second-order valence-corrected chi connectivity index (χ2v) is 3.72. The van der Waals surface area contributed by atoms with E-state index in [-0.39, 0.29) is 6.01 Å². The van der Waals surface area contributed by atoms with Crippen molar-refractivity contribution in [2.24, 2.45) is 0 Å². The molecule has 0 saturated carbocycles. The summed E-state index contributed by atoms with van der Waals surface area (Å²) in [6.45, 7) is 4.30. The topological polar surface area (TPSA) is 64.9 Å². The lowest BCUT2D eigenvalue weighted by molar-refractivity contribution is 0.590. The lowest BCUT2D eigenvalue weighted by Crippen LogP contribution is -1.86. The molecule has 0 unspecified atom stereocenters. The summed E-state index contributed by atoms with van der Waals surface area (Å²) in [4.78, 5) is 0. The molecule has 0 bridgehead atoms. The molecular weight excluding hydrogens is 190 g/mol. The molecule has 0 radical (unpaired) electrons. The second kappa shape index (κ2) is 3.73. The Bertz CT molecular complexity index is 445. The molecule has 0 saturated heterocycles. The first-order chi connectivity index (χ1) is 7.16. The molecule has 0 fully saturated rings. The van der Waals surface area contributed by atoms with Gasteiger partial charge < -0.3 is 10.2 Å². The van der Waals surface area contributed by atoms with Gasteiger partial charge in [0.2, 0.25) is 5.89 Å². The number of rotatable bonds is 2. The van der Waals surface area contributed by atoms with Crippen LogP contribution in [-0.4, -0.2) is 10.2 Å². The third-order valence-corrected chi connectivity index (χ3v) is 2.26. The Morgan fingerprint density at radius 1 is 1.13 bits per heavy atom. The summed E-state index contributed by atoms with van der Waals surface area (Å²) in [6, 6.07) is 8.13. The molecule has 4 heteroatoms. The van der Waals surface area contributed by atoms with Crippen molar-refractivity contribution >= 4 is 6.01 Å². The van der Waals surface area contributed by atoms with E-state index in [2.05, 4.69) is 36.2 Å². The fraction of sp³-hybridized carbons (Fsp3) is 0.273. The summed E-state index contributed by atoms with van der Waals surface area (Å²) in [5, 5.41) is 7.43. The van der Waals surface area contributed by atoms with Crippen LogP contribution in [0.4, 0.5) is 6.01 Å². The predicted octanol–water partition coefficient (Wildman–Crippen LogP) is 2.44. The zero-order valence-corrected chi connectivity index (χ0v) is 8.77. The molecule has 1 aromatic heterocycles.